The van der Waals surface area contributed by atoms with Gasteiger partial charge in [-0.2, -0.15) is 8.42 Å². The molecule has 8 heteroatoms. The number of aliphatic hydroxyl groups is 1. The molecule has 0 amide bonds. The molecule has 0 saturated heterocycles. The molecule has 4 aliphatic carbocycles. The van der Waals surface area contributed by atoms with Crippen molar-refractivity contribution < 1.29 is 27.3 Å². The van der Waals surface area contributed by atoms with Crippen LogP contribution in [0.3, 0.4) is 0 Å². The molecule has 4 aliphatic rings. The summed E-state index contributed by atoms with van der Waals surface area (Å²) in [5.41, 5.74) is -0.0148. The van der Waals surface area contributed by atoms with Crippen LogP contribution in [0.4, 0.5) is 4.39 Å². The molecule has 5 nitrogen and oxygen atoms in total. The Morgan fingerprint density at radius 1 is 1.03 bits per heavy atom. The van der Waals surface area contributed by atoms with Crippen molar-refractivity contribution in [2.75, 3.05) is 12.9 Å². The number of ketones is 1. The van der Waals surface area contributed by atoms with Gasteiger partial charge in [-0.3, -0.25) is 13.7 Å². The van der Waals surface area contributed by atoms with Crippen molar-refractivity contribution in [2.45, 2.75) is 70.8 Å². The molecule has 0 aromatic carbocycles. The highest BCUT2D eigenvalue weighted by molar-refractivity contribution is 8.70. The number of aliphatic hydroxyl groups excluding tert-OH is 1. The van der Waals surface area contributed by atoms with Crippen molar-refractivity contribution in [3.8, 4) is 0 Å². The monoisotopic (exact) mass is 450 g/mol. The lowest BCUT2D eigenvalue weighted by atomic mass is 9.49. The fraction of sp³-hybridized carbons (Fsp3) is 0.952. The van der Waals surface area contributed by atoms with E-state index in [-0.39, 0.29) is 29.0 Å². The van der Waals surface area contributed by atoms with Gasteiger partial charge in [-0.05, 0) is 92.8 Å². The van der Waals surface area contributed by atoms with Crippen LogP contribution >= 0.6 is 10.8 Å². The van der Waals surface area contributed by atoms with E-state index < -0.39 is 9.15 Å². The van der Waals surface area contributed by atoms with Gasteiger partial charge in [0.2, 0.25) is 0 Å². The minimum Gasteiger partial charge on any atom is -0.393 e. The van der Waals surface area contributed by atoms with E-state index in [4.69, 9.17) is 4.55 Å². The van der Waals surface area contributed by atoms with E-state index in [0.717, 1.165) is 50.4 Å². The standard InChI is InChI=1S/C20H32O5S2.CH3F/c1-20-9-8-15-14-5-3-13(21)10-12(14)2-4-16(15)17(20)6-7-18(20)19(22)11-26-27(23,24)25;1-2/h12-18,21H,2-11H2,1H3,(H,23,24,25);1H3/t12?,13?,14?,15?,16?,17?,18-,20?;/m1./s1. The first-order valence-corrected chi connectivity index (χ1v) is 13.8. The van der Waals surface area contributed by atoms with Crippen LogP contribution in [0, 0.1) is 40.9 Å². The zero-order valence-electron chi connectivity index (χ0n) is 17.4. The molecule has 0 heterocycles. The first kappa shape index (κ1) is 23.5. The van der Waals surface area contributed by atoms with Gasteiger partial charge in [0.1, 0.15) is 5.78 Å². The second-order valence-corrected chi connectivity index (χ2v) is 13.1. The van der Waals surface area contributed by atoms with Crippen molar-refractivity contribution in [2.24, 2.45) is 40.9 Å². The zero-order valence-corrected chi connectivity index (χ0v) is 19.1. The van der Waals surface area contributed by atoms with Crippen molar-refractivity contribution in [3.05, 3.63) is 0 Å². The predicted octanol–water partition coefficient (Wildman–Crippen LogP) is 4.31. The summed E-state index contributed by atoms with van der Waals surface area (Å²) >= 11 is 0. The molecule has 7 unspecified atom stereocenters. The Bertz CT molecular complexity index is 699. The van der Waals surface area contributed by atoms with Gasteiger partial charge in [0, 0.05) is 16.7 Å². The summed E-state index contributed by atoms with van der Waals surface area (Å²) in [6.45, 7) is 2.26. The first-order chi connectivity index (χ1) is 13.7. The second kappa shape index (κ2) is 9.13. The highest BCUT2D eigenvalue weighted by Crippen LogP contribution is 2.64. The molecule has 4 saturated carbocycles. The first-order valence-electron chi connectivity index (χ1n) is 10.9. The van der Waals surface area contributed by atoms with Gasteiger partial charge < -0.3 is 5.11 Å². The summed E-state index contributed by atoms with van der Waals surface area (Å²) in [5.74, 6) is 3.23. The maximum Gasteiger partial charge on any atom is 0.320 e. The van der Waals surface area contributed by atoms with Crippen LogP contribution in [0.2, 0.25) is 0 Å². The number of hydrogen-bond acceptors (Lipinski definition) is 5. The second-order valence-electron chi connectivity index (χ2n) is 9.73. The molecule has 4 rings (SSSR count). The number of rotatable bonds is 4. The number of carbonyl (C=O) groups is 1. The highest BCUT2D eigenvalue weighted by atomic mass is 33.1. The lowest BCUT2D eigenvalue weighted by Crippen LogP contribution is -2.49. The molecule has 4 fully saturated rings. The molecule has 168 valence electrons. The molecule has 0 radical (unpaired) electrons. The summed E-state index contributed by atoms with van der Waals surface area (Å²) < 4.78 is 40.5. The van der Waals surface area contributed by atoms with Crippen LogP contribution in [0.5, 0.6) is 0 Å². The van der Waals surface area contributed by atoms with Crippen LogP contribution in [-0.4, -0.2) is 42.9 Å². The topological polar surface area (TPSA) is 91.7 Å². The van der Waals surface area contributed by atoms with Crippen molar-refractivity contribution in [1.82, 2.24) is 0 Å². The van der Waals surface area contributed by atoms with Gasteiger partial charge >= 0.3 is 9.15 Å². The van der Waals surface area contributed by atoms with Crippen molar-refractivity contribution >= 4 is 25.7 Å². The molecule has 29 heavy (non-hydrogen) atoms. The summed E-state index contributed by atoms with van der Waals surface area (Å²) in [6, 6.07) is 0. The van der Waals surface area contributed by atoms with Gasteiger partial charge in [0.05, 0.1) is 19.0 Å². The third kappa shape index (κ3) is 4.70. The van der Waals surface area contributed by atoms with Crippen LogP contribution in [0.1, 0.15) is 64.7 Å². The van der Waals surface area contributed by atoms with Gasteiger partial charge in [-0.15, -0.1) is 0 Å². The summed E-state index contributed by atoms with van der Waals surface area (Å²) in [6.07, 6.45) is 9.57. The Labute approximate surface area is 177 Å². The van der Waals surface area contributed by atoms with Crippen LogP contribution in [-0.2, 0) is 13.9 Å². The van der Waals surface area contributed by atoms with Crippen molar-refractivity contribution in [1.29, 1.82) is 0 Å². The zero-order chi connectivity index (χ0) is 21.4. The van der Waals surface area contributed by atoms with E-state index in [2.05, 4.69) is 6.92 Å². The molecule has 0 bridgehead atoms. The summed E-state index contributed by atoms with van der Waals surface area (Å²) in [5, 5.41) is 10.0. The molecule has 0 spiro atoms. The Morgan fingerprint density at radius 3 is 2.41 bits per heavy atom. The number of carbonyl (C=O) groups excluding carboxylic acids is 1. The van der Waals surface area contributed by atoms with E-state index in [1.165, 1.54) is 19.3 Å². The van der Waals surface area contributed by atoms with Gasteiger partial charge in [-0.25, -0.2) is 0 Å². The Balaban J connectivity index is 0.00000117. The lowest BCUT2D eigenvalue weighted by Gasteiger charge is -2.56. The lowest BCUT2D eigenvalue weighted by molar-refractivity contribution is -0.128. The molecular weight excluding hydrogens is 415 g/mol. The number of alkyl halides is 1. The van der Waals surface area contributed by atoms with E-state index >= 15 is 0 Å². The highest BCUT2D eigenvalue weighted by Gasteiger charge is 2.58. The van der Waals surface area contributed by atoms with Gasteiger partial charge in [0.15, 0.2) is 0 Å². The molecular formula is C21H35FO5S2. The summed E-state index contributed by atoms with van der Waals surface area (Å²) in [4.78, 5) is 12.8. The Hall–Kier alpha value is -0.180. The van der Waals surface area contributed by atoms with Crippen LogP contribution in [0.25, 0.3) is 0 Å². The van der Waals surface area contributed by atoms with Crippen LogP contribution in [0.15, 0.2) is 0 Å². The van der Waals surface area contributed by atoms with E-state index in [0.29, 0.717) is 35.7 Å². The van der Waals surface area contributed by atoms with E-state index in [9.17, 15) is 22.7 Å². The third-order valence-corrected chi connectivity index (χ3v) is 10.6. The normalized spacial score (nSPS) is 44.0. The number of Topliss-reactive ketones (excluding diaryl/α,β-unsaturated/α-hetero) is 1. The molecule has 2 N–H and O–H groups in total. The minimum atomic E-state index is -4.16. The SMILES string of the molecule is CC12CCC3C4CCC(O)CC4CCC3C1CC[C@@H]2C(=O)CSS(=O)(=O)O.CF. The van der Waals surface area contributed by atoms with Gasteiger partial charge in [-0.1, -0.05) is 6.92 Å². The number of fused-ring (bicyclic) bond motifs is 5. The fourth-order valence-corrected chi connectivity index (χ4v) is 8.85. The summed E-state index contributed by atoms with van der Waals surface area (Å²) in [7, 11) is -3.30. The molecule has 0 aromatic rings. The number of halogens is 1. The fourth-order valence-electron chi connectivity index (χ4n) is 7.59. The molecule has 0 aliphatic heterocycles. The molecule has 0 aromatic heterocycles. The van der Waals surface area contributed by atoms with Crippen LogP contribution < -0.4 is 0 Å². The Morgan fingerprint density at radius 2 is 1.72 bits per heavy atom. The quantitative estimate of drug-likeness (QED) is 0.490. The maximum atomic E-state index is 12.8. The van der Waals surface area contributed by atoms with Crippen molar-refractivity contribution in [3.63, 3.8) is 0 Å². The number of hydrogen-bond donors (Lipinski definition) is 2. The average Bonchev–Trinajstić information content (AvgIpc) is 3.04. The van der Waals surface area contributed by atoms with Gasteiger partial charge in [0.25, 0.3) is 0 Å². The van der Waals surface area contributed by atoms with E-state index in [1.54, 1.807) is 0 Å². The largest absolute Gasteiger partial charge is 0.393 e. The predicted molar refractivity (Wildman–Crippen MR) is 113 cm³/mol. The maximum absolute atomic E-state index is 12.8. The third-order valence-electron chi connectivity index (χ3n) is 8.67. The average molecular weight is 451 g/mol. The van der Waals surface area contributed by atoms with E-state index in [1.807, 2.05) is 0 Å². The molecule has 8 atom stereocenters. The smallest absolute Gasteiger partial charge is 0.320 e. The Kier molecular flexibility index (Phi) is 7.39. The minimum absolute atomic E-state index is 0.00412.